The van der Waals surface area contributed by atoms with Gasteiger partial charge >= 0.3 is 12.1 Å². The molecule has 0 bridgehead atoms. The van der Waals surface area contributed by atoms with Gasteiger partial charge in [0.1, 0.15) is 29.3 Å². The van der Waals surface area contributed by atoms with E-state index in [0.29, 0.717) is 12.0 Å². The molecule has 262 valence electrons. The first-order valence-electron chi connectivity index (χ1n) is 16.5. The van der Waals surface area contributed by atoms with Crippen molar-refractivity contribution in [2.24, 2.45) is 11.7 Å². The fourth-order valence-corrected chi connectivity index (χ4v) is 5.50. The lowest BCUT2D eigenvalue weighted by atomic mass is 9.94. The van der Waals surface area contributed by atoms with E-state index in [1.165, 1.54) is 4.90 Å². The molecule has 0 aliphatic heterocycles. The van der Waals surface area contributed by atoms with Gasteiger partial charge < -0.3 is 30.7 Å². The molecule has 48 heavy (non-hydrogen) atoms. The Kier molecular flexibility index (Phi) is 12.4. The Labute approximate surface area is 284 Å². The van der Waals surface area contributed by atoms with Crippen LogP contribution in [-0.4, -0.2) is 64.0 Å². The molecule has 11 nitrogen and oxygen atoms in total. The maximum atomic E-state index is 14.7. The maximum absolute atomic E-state index is 14.7. The van der Waals surface area contributed by atoms with E-state index in [4.69, 9.17) is 15.2 Å². The summed E-state index contributed by atoms with van der Waals surface area (Å²) < 4.78 is 11.2. The van der Waals surface area contributed by atoms with E-state index in [-0.39, 0.29) is 31.2 Å². The van der Waals surface area contributed by atoms with E-state index in [9.17, 15) is 24.0 Å². The average Bonchev–Trinajstić information content (AvgIpc) is 3.68. The van der Waals surface area contributed by atoms with E-state index in [1.54, 1.807) is 47.6 Å². The van der Waals surface area contributed by atoms with Gasteiger partial charge in [-0.2, -0.15) is 0 Å². The van der Waals surface area contributed by atoms with E-state index in [0.717, 1.165) is 16.7 Å². The molecule has 11 heteroatoms. The summed E-state index contributed by atoms with van der Waals surface area (Å²) >= 11 is 0. The van der Waals surface area contributed by atoms with Gasteiger partial charge in [0.2, 0.25) is 17.7 Å². The number of nitrogens with zero attached hydrogens (tertiary/aromatic N) is 1. The first-order chi connectivity index (χ1) is 22.3. The molecule has 1 fully saturated rings. The quantitative estimate of drug-likeness (QED) is 0.260. The molecule has 5 unspecified atom stereocenters. The SMILES string of the molecule is Cc1cccc(C(C(=O)NC(Cc2ccccc2)C(=O)OC(C)(C)C)N(C(=O)C(CCC(N)=O)NC(=O)OC(C)(C)C)C2CC2C)c1C. The van der Waals surface area contributed by atoms with Crippen LogP contribution >= 0.6 is 0 Å². The van der Waals surface area contributed by atoms with Crippen molar-refractivity contribution in [3.05, 3.63) is 70.8 Å². The molecule has 3 rings (SSSR count). The van der Waals surface area contributed by atoms with E-state index in [2.05, 4.69) is 10.6 Å². The lowest BCUT2D eigenvalue weighted by molar-refractivity contribution is -0.159. The van der Waals surface area contributed by atoms with Crippen LogP contribution < -0.4 is 16.4 Å². The van der Waals surface area contributed by atoms with Crippen molar-refractivity contribution >= 4 is 29.8 Å². The van der Waals surface area contributed by atoms with E-state index >= 15 is 0 Å². The average molecular weight is 665 g/mol. The molecule has 1 aliphatic rings. The summed E-state index contributed by atoms with van der Waals surface area (Å²) in [6, 6.07) is 11.0. The Balaban J connectivity index is 2.11. The highest BCUT2D eigenvalue weighted by atomic mass is 16.6. The van der Waals surface area contributed by atoms with Crippen molar-refractivity contribution in [3.8, 4) is 0 Å². The number of hydrogen-bond donors (Lipinski definition) is 3. The summed E-state index contributed by atoms with van der Waals surface area (Å²) in [5, 5.41) is 5.56. The third-order valence-corrected chi connectivity index (χ3v) is 8.11. The standard InChI is InChI=1S/C37H52N4O7/c1-22-14-13-17-26(24(22)3)31(32(43)39-28(34(45)47-36(4,5)6)21-25-15-11-10-12-16-25)41(29-20-23(29)2)33(44)27(18-19-30(38)42)40-35(46)48-37(7,8)9/h10-17,23,27-29,31H,18-21H2,1-9H3,(H2,38,42)(H,39,43)(H,40,46). The zero-order valence-corrected chi connectivity index (χ0v) is 29.7. The van der Waals surface area contributed by atoms with Crippen molar-refractivity contribution in [1.29, 1.82) is 0 Å². The summed E-state index contributed by atoms with van der Waals surface area (Å²) in [6.45, 7) is 16.1. The first kappa shape index (κ1) is 38.0. The number of hydrogen-bond acceptors (Lipinski definition) is 7. The number of aryl methyl sites for hydroxylation is 1. The minimum Gasteiger partial charge on any atom is -0.458 e. The number of rotatable bonds is 13. The summed E-state index contributed by atoms with van der Waals surface area (Å²) in [5.41, 5.74) is 6.90. The highest BCUT2D eigenvalue weighted by molar-refractivity contribution is 5.95. The van der Waals surface area contributed by atoms with Crippen LogP contribution in [-0.2, 0) is 35.1 Å². The van der Waals surface area contributed by atoms with Crippen LogP contribution in [0.1, 0.15) is 96.0 Å². The third kappa shape index (κ3) is 11.1. The summed E-state index contributed by atoms with van der Waals surface area (Å²) in [7, 11) is 0. The third-order valence-electron chi connectivity index (χ3n) is 8.11. The molecule has 2 aromatic carbocycles. The molecule has 2 aromatic rings. The monoisotopic (exact) mass is 664 g/mol. The van der Waals surface area contributed by atoms with E-state index in [1.807, 2.05) is 63.2 Å². The molecule has 4 N–H and O–H groups in total. The Morgan fingerprint density at radius 3 is 2.02 bits per heavy atom. The Morgan fingerprint density at radius 2 is 1.48 bits per heavy atom. The van der Waals surface area contributed by atoms with Gasteiger partial charge in [-0.25, -0.2) is 9.59 Å². The molecule has 0 aromatic heterocycles. The van der Waals surface area contributed by atoms with Crippen molar-refractivity contribution in [2.45, 2.75) is 123 Å². The van der Waals surface area contributed by atoms with Crippen LogP contribution in [0.5, 0.6) is 0 Å². The predicted octanol–water partition coefficient (Wildman–Crippen LogP) is 4.81. The van der Waals surface area contributed by atoms with Crippen LogP contribution in [0.4, 0.5) is 4.79 Å². The molecule has 0 saturated heterocycles. The number of benzene rings is 2. The highest BCUT2D eigenvalue weighted by Gasteiger charge is 2.49. The molecular weight excluding hydrogens is 612 g/mol. The van der Waals surface area contributed by atoms with Crippen LogP contribution in [0, 0.1) is 19.8 Å². The van der Waals surface area contributed by atoms with Crippen molar-refractivity contribution < 1.29 is 33.4 Å². The molecule has 0 heterocycles. The lowest BCUT2D eigenvalue weighted by Gasteiger charge is -2.36. The molecule has 0 spiro atoms. The van der Waals surface area contributed by atoms with Crippen LogP contribution in [0.2, 0.25) is 0 Å². The van der Waals surface area contributed by atoms with Crippen molar-refractivity contribution in [3.63, 3.8) is 0 Å². The van der Waals surface area contributed by atoms with Gasteiger partial charge in [0.25, 0.3) is 0 Å². The second-order valence-corrected chi connectivity index (χ2v) is 14.7. The number of alkyl carbamates (subject to hydrolysis) is 1. The fraction of sp³-hybridized carbons (Fsp3) is 0.541. The normalized spacial score (nSPS) is 17.7. The Bertz CT molecular complexity index is 1480. The summed E-state index contributed by atoms with van der Waals surface area (Å²) in [6.07, 6.45) is -0.334. The molecular formula is C37H52N4O7. The molecule has 4 amide bonds. The largest absolute Gasteiger partial charge is 0.458 e. The summed E-state index contributed by atoms with van der Waals surface area (Å²) in [5.74, 6) is -2.33. The van der Waals surface area contributed by atoms with Gasteiger partial charge in [0, 0.05) is 18.9 Å². The van der Waals surface area contributed by atoms with Crippen LogP contribution in [0.15, 0.2) is 48.5 Å². The smallest absolute Gasteiger partial charge is 0.408 e. The number of carbonyl (C=O) groups excluding carboxylic acids is 5. The van der Waals surface area contributed by atoms with Gasteiger partial charge in [-0.1, -0.05) is 55.5 Å². The number of ether oxygens (including phenoxy) is 2. The van der Waals surface area contributed by atoms with Gasteiger partial charge in [0.15, 0.2) is 0 Å². The topological polar surface area (TPSA) is 157 Å². The molecule has 5 atom stereocenters. The Hall–Kier alpha value is -4.41. The number of primary amides is 1. The minimum atomic E-state index is -1.22. The number of amides is 4. The van der Waals surface area contributed by atoms with Crippen molar-refractivity contribution in [1.82, 2.24) is 15.5 Å². The molecule has 0 radical (unpaired) electrons. The zero-order valence-electron chi connectivity index (χ0n) is 29.7. The van der Waals surface area contributed by atoms with Crippen LogP contribution in [0.25, 0.3) is 0 Å². The highest BCUT2D eigenvalue weighted by Crippen LogP contribution is 2.42. The van der Waals surface area contributed by atoms with Crippen LogP contribution in [0.3, 0.4) is 0 Å². The predicted molar refractivity (Wildman–Crippen MR) is 183 cm³/mol. The van der Waals surface area contributed by atoms with Gasteiger partial charge in [-0.3, -0.25) is 14.4 Å². The van der Waals surface area contributed by atoms with Gasteiger partial charge in [-0.05, 0) is 96.4 Å². The maximum Gasteiger partial charge on any atom is 0.408 e. The fourth-order valence-electron chi connectivity index (χ4n) is 5.50. The zero-order chi connectivity index (χ0) is 36.0. The minimum absolute atomic E-state index is 0.0543. The van der Waals surface area contributed by atoms with E-state index < -0.39 is 59.1 Å². The number of esters is 1. The van der Waals surface area contributed by atoms with Gasteiger partial charge in [-0.15, -0.1) is 0 Å². The second kappa shape index (κ2) is 15.7. The number of carbonyl (C=O) groups is 5. The molecule has 1 saturated carbocycles. The molecule has 1 aliphatic carbocycles. The Morgan fingerprint density at radius 1 is 0.875 bits per heavy atom. The first-order valence-corrected chi connectivity index (χ1v) is 16.5. The number of nitrogens with two attached hydrogens (primary N) is 1. The lowest BCUT2D eigenvalue weighted by Crippen LogP contribution is -2.56. The summed E-state index contributed by atoms with van der Waals surface area (Å²) in [4.78, 5) is 69.1. The second-order valence-electron chi connectivity index (χ2n) is 14.7. The van der Waals surface area contributed by atoms with Gasteiger partial charge in [0.05, 0.1) is 0 Å². The van der Waals surface area contributed by atoms with Crippen molar-refractivity contribution in [2.75, 3.05) is 0 Å². The number of nitrogens with one attached hydrogen (secondary N) is 2.